The number of nitrogens with zero attached hydrogens (tertiary/aromatic N) is 1. The van der Waals surface area contributed by atoms with Gasteiger partial charge >= 0.3 is 0 Å². The fourth-order valence-corrected chi connectivity index (χ4v) is 1.21. The molecule has 0 aromatic rings. The summed E-state index contributed by atoms with van der Waals surface area (Å²) in [5.74, 6) is 0. The van der Waals surface area contributed by atoms with E-state index in [9.17, 15) is 0 Å². The maximum atomic E-state index is 9.06. The fourth-order valence-electron chi connectivity index (χ4n) is 1.21. The summed E-state index contributed by atoms with van der Waals surface area (Å²) in [7, 11) is 0. The number of nitrogens with one attached hydrogen (secondary N) is 1. The van der Waals surface area contributed by atoms with Crippen molar-refractivity contribution in [2.75, 3.05) is 6.61 Å². The van der Waals surface area contributed by atoms with Crippen LogP contribution in [0.3, 0.4) is 0 Å². The first-order valence-electron chi connectivity index (χ1n) is 5.40. The van der Waals surface area contributed by atoms with Crippen LogP contribution in [-0.2, 0) is 4.74 Å². The summed E-state index contributed by atoms with van der Waals surface area (Å²) in [5, 5.41) is 12.4. The highest BCUT2D eigenvalue weighted by Gasteiger charge is 2.32. The first-order valence-corrected chi connectivity index (χ1v) is 5.40. The van der Waals surface area contributed by atoms with E-state index in [0.29, 0.717) is 12.6 Å². The van der Waals surface area contributed by atoms with Crippen LogP contribution in [0.4, 0.5) is 0 Å². The van der Waals surface area contributed by atoms with Crippen molar-refractivity contribution in [2.24, 2.45) is 0 Å². The molecular formula is C11H20N2O. The van der Waals surface area contributed by atoms with E-state index in [0.717, 1.165) is 6.42 Å². The Morgan fingerprint density at radius 2 is 2.29 bits per heavy atom. The molecule has 2 unspecified atom stereocenters. The predicted molar refractivity (Wildman–Crippen MR) is 55.9 cm³/mol. The SMILES string of the molecule is CCC(C)OCC(C)(C#N)NC1CC1. The van der Waals surface area contributed by atoms with Gasteiger partial charge in [-0.1, -0.05) is 6.92 Å². The third-order valence-corrected chi connectivity index (χ3v) is 2.58. The summed E-state index contributed by atoms with van der Waals surface area (Å²) < 4.78 is 5.59. The number of rotatable bonds is 6. The van der Waals surface area contributed by atoms with Gasteiger partial charge in [0, 0.05) is 6.04 Å². The van der Waals surface area contributed by atoms with Gasteiger partial charge in [-0.15, -0.1) is 0 Å². The molecule has 14 heavy (non-hydrogen) atoms. The third kappa shape index (κ3) is 3.65. The van der Waals surface area contributed by atoms with Gasteiger partial charge in [-0.2, -0.15) is 5.26 Å². The molecule has 1 aliphatic carbocycles. The van der Waals surface area contributed by atoms with Crippen LogP contribution in [0.5, 0.6) is 0 Å². The van der Waals surface area contributed by atoms with Crippen molar-refractivity contribution in [2.45, 2.75) is 57.7 Å². The largest absolute Gasteiger partial charge is 0.375 e. The van der Waals surface area contributed by atoms with Crippen molar-refractivity contribution in [1.29, 1.82) is 5.26 Å². The minimum Gasteiger partial charge on any atom is -0.375 e. The van der Waals surface area contributed by atoms with Gasteiger partial charge in [-0.25, -0.2) is 0 Å². The maximum Gasteiger partial charge on any atom is 0.127 e. The summed E-state index contributed by atoms with van der Waals surface area (Å²) >= 11 is 0. The van der Waals surface area contributed by atoms with Gasteiger partial charge in [-0.3, -0.25) is 5.32 Å². The molecule has 1 saturated carbocycles. The number of nitriles is 1. The second-order valence-electron chi connectivity index (χ2n) is 4.39. The lowest BCUT2D eigenvalue weighted by molar-refractivity contribution is 0.0355. The summed E-state index contributed by atoms with van der Waals surface area (Å²) in [4.78, 5) is 0. The molecule has 0 aromatic heterocycles. The highest BCUT2D eigenvalue weighted by molar-refractivity contribution is 5.07. The molecule has 80 valence electrons. The van der Waals surface area contributed by atoms with E-state index >= 15 is 0 Å². The average molecular weight is 196 g/mol. The molecule has 3 heteroatoms. The molecule has 0 saturated heterocycles. The minimum atomic E-state index is -0.509. The average Bonchev–Trinajstić information content (AvgIpc) is 2.98. The van der Waals surface area contributed by atoms with Crippen molar-refractivity contribution in [1.82, 2.24) is 5.32 Å². The van der Waals surface area contributed by atoms with Crippen LogP contribution in [0.25, 0.3) is 0 Å². The van der Waals surface area contributed by atoms with Crippen LogP contribution in [0.2, 0.25) is 0 Å². The Labute approximate surface area is 86.4 Å². The lowest BCUT2D eigenvalue weighted by Crippen LogP contribution is -2.47. The van der Waals surface area contributed by atoms with Crippen LogP contribution < -0.4 is 5.32 Å². The van der Waals surface area contributed by atoms with E-state index in [-0.39, 0.29) is 6.10 Å². The normalized spacial score (nSPS) is 22.4. The zero-order chi connectivity index (χ0) is 10.6. The van der Waals surface area contributed by atoms with Crippen LogP contribution in [0.15, 0.2) is 0 Å². The lowest BCUT2D eigenvalue weighted by atomic mass is 10.1. The van der Waals surface area contributed by atoms with E-state index in [1.54, 1.807) is 0 Å². The molecule has 1 N–H and O–H groups in total. The first kappa shape index (κ1) is 11.5. The highest BCUT2D eigenvalue weighted by atomic mass is 16.5. The molecule has 0 amide bonds. The Morgan fingerprint density at radius 3 is 2.71 bits per heavy atom. The molecule has 1 rings (SSSR count). The third-order valence-electron chi connectivity index (χ3n) is 2.58. The topological polar surface area (TPSA) is 45.0 Å². The van der Waals surface area contributed by atoms with Gasteiger partial charge in [0.1, 0.15) is 5.54 Å². The minimum absolute atomic E-state index is 0.240. The van der Waals surface area contributed by atoms with Gasteiger partial charge in [0.15, 0.2) is 0 Å². The van der Waals surface area contributed by atoms with Gasteiger partial charge in [0.05, 0.1) is 18.8 Å². The van der Waals surface area contributed by atoms with Gasteiger partial charge < -0.3 is 4.74 Å². The maximum absolute atomic E-state index is 9.06. The van der Waals surface area contributed by atoms with Crippen molar-refractivity contribution >= 4 is 0 Å². The monoisotopic (exact) mass is 196 g/mol. The molecule has 1 fully saturated rings. The molecular weight excluding hydrogens is 176 g/mol. The van der Waals surface area contributed by atoms with Crippen LogP contribution in [0.1, 0.15) is 40.0 Å². The molecule has 3 nitrogen and oxygen atoms in total. The molecule has 0 aromatic carbocycles. The van der Waals surface area contributed by atoms with Crippen molar-refractivity contribution in [3.63, 3.8) is 0 Å². The Hall–Kier alpha value is -0.590. The Balaban J connectivity index is 2.32. The zero-order valence-electron chi connectivity index (χ0n) is 9.34. The Bertz CT molecular complexity index is 220. The second-order valence-corrected chi connectivity index (χ2v) is 4.39. The summed E-state index contributed by atoms with van der Waals surface area (Å²) in [6.07, 6.45) is 3.62. The molecule has 1 aliphatic rings. The Kier molecular flexibility index (Phi) is 3.91. The van der Waals surface area contributed by atoms with Crippen LogP contribution >= 0.6 is 0 Å². The lowest BCUT2D eigenvalue weighted by Gasteiger charge is -2.24. The molecule has 0 radical (unpaired) electrons. The molecule has 2 atom stereocenters. The van der Waals surface area contributed by atoms with Crippen molar-refractivity contribution < 1.29 is 4.74 Å². The van der Waals surface area contributed by atoms with Gasteiger partial charge in [0.2, 0.25) is 0 Å². The molecule has 0 aliphatic heterocycles. The smallest absolute Gasteiger partial charge is 0.127 e. The number of ether oxygens (including phenoxy) is 1. The molecule has 0 bridgehead atoms. The second kappa shape index (κ2) is 4.77. The van der Waals surface area contributed by atoms with Crippen LogP contribution in [0, 0.1) is 11.3 Å². The molecule has 0 heterocycles. The highest BCUT2D eigenvalue weighted by Crippen LogP contribution is 2.22. The Morgan fingerprint density at radius 1 is 1.64 bits per heavy atom. The molecule has 0 spiro atoms. The van der Waals surface area contributed by atoms with E-state index < -0.39 is 5.54 Å². The summed E-state index contributed by atoms with van der Waals surface area (Å²) in [5.41, 5.74) is -0.509. The fraction of sp³-hybridized carbons (Fsp3) is 0.909. The number of hydrogen-bond donors (Lipinski definition) is 1. The van der Waals surface area contributed by atoms with Crippen LogP contribution in [-0.4, -0.2) is 24.3 Å². The van der Waals surface area contributed by atoms with Gasteiger partial charge in [-0.05, 0) is 33.1 Å². The van der Waals surface area contributed by atoms with E-state index in [4.69, 9.17) is 10.00 Å². The summed E-state index contributed by atoms with van der Waals surface area (Å²) in [6.45, 7) is 6.51. The van der Waals surface area contributed by atoms with Gasteiger partial charge in [0.25, 0.3) is 0 Å². The first-order chi connectivity index (χ1) is 6.59. The standard InChI is InChI=1S/C11H20N2O/c1-4-9(2)14-8-11(3,7-12)13-10-5-6-10/h9-10,13H,4-6,8H2,1-3H3. The van der Waals surface area contributed by atoms with Crippen molar-refractivity contribution in [3.05, 3.63) is 0 Å². The van der Waals surface area contributed by atoms with Crippen molar-refractivity contribution in [3.8, 4) is 6.07 Å². The van der Waals surface area contributed by atoms with E-state index in [1.807, 2.05) is 13.8 Å². The quantitative estimate of drug-likeness (QED) is 0.705. The zero-order valence-corrected chi connectivity index (χ0v) is 9.34. The summed E-state index contributed by atoms with van der Waals surface area (Å²) in [6, 6.07) is 2.83. The number of hydrogen-bond acceptors (Lipinski definition) is 3. The van der Waals surface area contributed by atoms with E-state index in [1.165, 1.54) is 12.8 Å². The van der Waals surface area contributed by atoms with E-state index in [2.05, 4.69) is 18.3 Å². The predicted octanol–water partition coefficient (Wildman–Crippen LogP) is 1.84.